The molecule has 0 atom stereocenters. The molecule has 9 heteroatoms. The van der Waals surface area contributed by atoms with Crippen LogP contribution in [-0.4, -0.2) is 48.7 Å². The van der Waals surface area contributed by atoms with E-state index in [1.807, 2.05) is 30.3 Å². The van der Waals surface area contributed by atoms with Gasteiger partial charge in [0.2, 0.25) is 10.0 Å². The van der Waals surface area contributed by atoms with Gasteiger partial charge in [-0.2, -0.15) is 9.40 Å². The summed E-state index contributed by atoms with van der Waals surface area (Å²) in [4.78, 5) is -0.0638. The van der Waals surface area contributed by atoms with Crippen LogP contribution >= 0.6 is 0 Å². The van der Waals surface area contributed by atoms with Gasteiger partial charge in [0, 0.05) is 32.5 Å². The average Bonchev–Trinajstić information content (AvgIpc) is 3.11. The first kappa shape index (κ1) is 19.9. The van der Waals surface area contributed by atoms with Gasteiger partial charge >= 0.3 is 0 Å². The summed E-state index contributed by atoms with van der Waals surface area (Å²) in [5, 5.41) is 3.77. The molecule has 27 heavy (non-hydrogen) atoms. The SMILES string of the molecule is O=S(=O)(c1cnn(CC(F)F)c1)N(Cc1ccccc1)CC1CCOCC1. The average molecular weight is 399 g/mol. The fraction of sp³-hybridized carbons (Fsp3) is 0.500. The Morgan fingerprint density at radius 1 is 1.22 bits per heavy atom. The van der Waals surface area contributed by atoms with Gasteiger partial charge < -0.3 is 4.74 Å². The number of benzene rings is 1. The second kappa shape index (κ2) is 8.90. The van der Waals surface area contributed by atoms with Crippen molar-refractivity contribution in [1.29, 1.82) is 0 Å². The maximum atomic E-state index is 13.2. The minimum absolute atomic E-state index is 0.0638. The summed E-state index contributed by atoms with van der Waals surface area (Å²) in [6, 6.07) is 9.32. The lowest BCUT2D eigenvalue weighted by atomic mass is 10.0. The lowest BCUT2D eigenvalue weighted by molar-refractivity contribution is 0.0601. The van der Waals surface area contributed by atoms with Crippen molar-refractivity contribution in [1.82, 2.24) is 14.1 Å². The third-order valence-electron chi connectivity index (χ3n) is 4.58. The Balaban J connectivity index is 1.83. The highest BCUT2D eigenvalue weighted by atomic mass is 32.2. The molecule has 1 fully saturated rings. The maximum absolute atomic E-state index is 13.2. The highest BCUT2D eigenvalue weighted by Crippen LogP contribution is 2.23. The normalized spacial score (nSPS) is 16.3. The summed E-state index contributed by atoms with van der Waals surface area (Å²) in [5.41, 5.74) is 0.869. The number of nitrogens with zero attached hydrogens (tertiary/aromatic N) is 3. The van der Waals surface area contributed by atoms with E-state index in [9.17, 15) is 17.2 Å². The van der Waals surface area contributed by atoms with Crippen LogP contribution in [0.25, 0.3) is 0 Å². The molecule has 0 amide bonds. The highest BCUT2D eigenvalue weighted by molar-refractivity contribution is 7.89. The van der Waals surface area contributed by atoms with E-state index in [2.05, 4.69) is 5.10 Å². The monoisotopic (exact) mass is 399 g/mol. The van der Waals surface area contributed by atoms with Crippen molar-refractivity contribution in [3.05, 3.63) is 48.3 Å². The number of alkyl halides is 2. The van der Waals surface area contributed by atoms with Gasteiger partial charge in [0.1, 0.15) is 11.4 Å². The number of hydrogen-bond acceptors (Lipinski definition) is 4. The van der Waals surface area contributed by atoms with Crippen LogP contribution in [0.1, 0.15) is 18.4 Å². The van der Waals surface area contributed by atoms with E-state index >= 15 is 0 Å². The maximum Gasteiger partial charge on any atom is 0.257 e. The van der Waals surface area contributed by atoms with Crippen LogP contribution in [-0.2, 0) is 27.8 Å². The molecule has 0 N–H and O–H groups in total. The van der Waals surface area contributed by atoms with Crippen LogP contribution < -0.4 is 0 Å². The number of hydrogen-bond donors (Lipinski definition) is 0. The quantitative estimate of drug-likeness (QED) is 0.685. The summed E-state index contributed by atoms with van der Waals surface area (Å²) in [6.45, 7) is 1.20. The first-order valence-corrected chi connectivity index (χ1v) is 10.3. The molecular formula is C18H23F2N3O3S. The third-order valence-corrected chi connectivity index (χ3v) is 6.34. The lowest BCUT2D eigenvalue weighted by Gasteiger charge is -2.29. The molecule has 3 rings (SSSR count). The van der Waals surface area contributed by atoms with E-state index in [-0.39, 0.29) is 17.4 Å². The van der Waals surface area contributed by atoms with Gasteiger partial charge in [-0.05, 0) is 24.3 Å². The van der Waals surface area contributed by atoms with Crippen molar-refractivity contribution in [3.63, 3.8) is 0 Å². The van der Waals surface area contributed by atoms with Gasteiger partial charge in [0.05, 0.1) is 6.20 Å². The molecule has 0 spiro atoms. The fourth-order valence-corrected chi connectivity index (χ4v) is 4.58. The zero-order chi connectivity index (χ0) is 19.3. The number of rotatable bonds is 8. The lowest BCUT2D eigenvalue weighted by Crippen LogP contribution is -2.36. The van der Waals surface area contributed by atoms with Crippen LogP contribution in [0, 0.1) is 5.92 Å². The minimum Gasteiger partial charge on any atom is -0.381 e. The molecule has 0 saturated carbocycles. The van der Waals surface area contributed by atoms with Crippen LogP contribution in [0.2, 0.25) is 0 Å². The Labute approximate surface area is 157 Å². The van der Waals surface area contributed by atoms with Crippen LogP contribution in [0.3, 0.4) is 0 Å². The molecule has 1 aromatic heterocycles. The molecule has 0 bridgehead atoms. The van der Waals surface area contributed by atoms with Crippen LogP contribution in [0.4, 0.5) is 8.78 Å². The van der Waals surface area contributed by atoms with E-state index in [1.165, 1.54) is 10.5 Å². The highest BCUT2D eigenvalue weighted by Gasteiger charge is 2.29. The summed E-state index contributed by atoms with van der Waals surface area (Å²) < 4.78 is 59.2. The van der Waals surface area contributed by atoms with Crippen molar-refractivity contribution in [2.75, 3.05) is 19.8 Å². The molecular weight excluding hydrogens is 376 g/mol. The smallest absolute Gasteiger partial charge is 0.257 e. The minimum atomic E-state index is -3.85. The topological polar surface area (TPSA) is 64.4 Å². The van der Waals surface area contributed by atoms with Crippen molar-refractivity contribution >= 4 is 10.0 Å². The standard InChI is InChI=1S/C18H23F2N3O3S/c19-18(20)14-22-13-17(10-21-22)27(24,25)23(11-15-4-2-1-3-5-15)12-16-6-8-26-9-7-16/h1-5,10,13,16,18H,6-9,11-12,14H2. The number of sulfonamides is 1. The molecule has 1 aliphatic rings. The van der Waals surface area contributed by atoms with Crippen molar-refractivity contribution in [2.24, 2.45) is 5.92 Å². The molecule has 2 heterocycles. The molecule has 0 aliphatic carbocycles. The Bertz CT molecular complexity index is 821. The van der Waals surface area contributed by atoms with E-state index in [1.54, 1.807) is 0 Å². The van der Waals surface area contributed by atoms with Crippen molar-refractivity contribution in [2.45, 2.75) is 37.3 Å². The second-order valence-electron chi connectivity index (χ2n) is 6.63. The van der Waals surface area contributed by atoms with Gasteiger partial charge in [-0.3, -0.25) is 4.68 Å². The summed E-state index contributed by atoms with van der Waals surface area (Å²) in [7, 11) is -3.85. The van der Waals surface area contributed by atoms with E-state index in [0.29, 0.717) is 19.8 Å². The molecule has 2 aromatic rings. The van der Waals surface area contributed by atoms with E-state index < -0.39 is 23.0 Å². The Morgan fingerprint density at radius 2 is 1.93 bits per heavy atom. The van der Waals surface area contributed by atoms with Crippen molar-refractivity contribution in [3.8, 4) is 0 Å². The largest absolute Gasteiger partial charge is 0.381 e. The van der Waals surface area contributed by atoms with Gasteiger partial charge in [0.25, 0.3) is 6.43 Å². The van der Waals surface area contributed by atoms with Crippen LogP contribution in [0.5, 0.6) is 0 Å². The molecule has 1 aromatic carbocycles. The van der Waals surface area contributed by atoms with Crippen molar-refractivity contribution < 1.29 is 21.9 Å². The molecule has 1 aliphatic heterocycles. The first-order valence-electron chi connectivity index (χ1n) is 8.87. The second-order valence-corrected chi connectivity index (χ2v) is 8.57. The summed E-state index contributed by atoms with van der Waals surface area (Å²) in [5.74, 6) is 0.202. The predicted octanol–water partition coefficient (Wildman–Crippen LogP) is 2.77. The van der Waals surface area contributed by atoms with Gasteiger partial charge in [-0.25, -0.2) is 17.2 Å². The zero-order valence-electron chi connectivity index (χ0n) is 14.9. The summed E-state index contributed by atoms with van der Waals surface area (Å²) >= 11 is 0. The Hall–Kier alpha value is -1.84. The Kier molecular flexibility index (Phi) is 6.56. The molecule has 1 saturated heterocycles. The van der Waals surface area contributed by atoms with Gasteiger partial charge in [0.15, 0.2) is 0 Å². The molecule has 148 valence electrons. The number of aromatic nitrogens is 2. The number of ether oxygens (including phenoxy) is 1. The fourth-order valence-electron chi connectivity index (χ4n) is 3.12. The first-order chi connectivity index (χ1) is 12.9. The molecule has 6 nitrogen and oxygen atoms in total. The van der Waals surface area contributed by atoms with Gasteiger partial charge in [-0.15, -0.1) is 0 Å². The van der Waals surface area contributed by atoms with E-state index in [4.69, 9.17) is 4.74 Å². The third kappa shape index (κ3) is 5.33. The molecule has 0 radical (unpaired) electrons. The number of halogens is 2. The van der Waals surface area contributed by atoms with Gasteiger partial charge in [-0.1, -0.05) is 30.3 Å². The van der Waals surface area contributed by atoms with Crippen LogP contribution in [0.15, 0.2) is 47.6 Å². The predicted molar refractivity (Wildman–Crippen MR) is 95.8 cm³/mol. The molecule has 0 unspecified atom stereocenters. The summed E-state index contributed by atoms with van der Waals surface area (Å²) in [6.07, 6.45) is 1.31. The van der Waals surface area contributed by atoms with E-state index in [0.717, 1.165) is 29.3 Å². The zero-order valence-corrected chi connectivity index (χ0v) is 15.7. The Morgan fingerprint density at radius 3 is 2.59 bits per heavy atom.